The molecule has 0 bridgehead atoms. The molecule has 2 aromatic rings. The molecule has 2 aliphatic heterocycles. The Hall–Kier alpha value is -3.06. The summed E-state index contributed by atoms with van der Waals surface area (Å²) < 4.78 is 16.1. The molecular weight excluding hydrogens is 434 g/mol. The predicted molar refractivity (Wildman–Crippen MR) is 118 cm³/mol. The number of ether oxygens (including phenoxy) is 3. The average Bonchev–Trinajstić information content (AvgIpc) is 2.76. The normalized spacial score (nSPS) is 16.8. The van der Waals surface area contributed by atoms with Gasteiger partial charge in [-0.1, -0.05) is 11.6 Å². The van der Waals surface area contributed by atoms with E-state index >= 15 is 0 Å². The van der Waals surface area contributed by atoms with E-state index in [4.69, 9.17) is 25.8 Å². The van der Waals surface area contributed by atoms with E-state index in [0.717, 1.165) is 5.56 Å². The number of amides is 1. The van der Waals surface area contributed by atoms with Gasteiger partial charge in [0.05, 0.1) is 18.6 Å². The molecule has 0 atom stereocenters. The number of likely N-dealkylation sites (tertiary alicyclic amines) is 1. The fourth-order valence-corrected chi connectivity index (χ4v) is 4.47. The smallest absolute Gasteiger partial charge is 0.486 e. The first-order valence-corrected chi connectivity index (χ1v) is 10.9. The Morgan fingerprint density at radius 1 is 1.16 bits per heavy atom. The van der Waals surface area contributed by atoms with Crippen LogP contribution in [0.1, 0.15) is 52.5 Å². The Morgan fingerprint density at radius 2 is 1.84 bits per heavy atom. The van der Waals surface area contributed by atoms with E-state index in [2.05, 4.69) is 0 Å². The summed E-state index contributed by atoms with van der Waals surface area (Å²) in [5.74, 6) is 0.810. The van der Waals surface area contributed by atoms with Gasteiger partial charge >= 0.3 is 6.16 Å². The van der Waals surface area contributed by atoms with Crippen LogP contribution >= 0.6 is 11.6 Å². The van der Waals surface area contributed by atoms with Crippen LogP contribution in [0, 0.1) is 6.92 Å². The lowest BCUT2D eigenvalue weighted by molar-refractivity contribution is -0.00617. The highest BCUT2D eigenvalue weighted by molar-refractivity contribution is 6.31. The summed E-state index contributed by atoms with van der Waals surface area (Å²) in [5, 5.41) is 0.522. The van der Waals surface area contributed by atoms with Crippen molar-refractivity contribution in [2.75, 3.05) is 19.7 Å². The fourth-order valence-electron chi connectivity index (χ4n) is 4.20. The highest BCUT2D eigenvalue weighted by Crippen LogP contribution is 2.42. The van der Waals surface area contributed by atoms with E-state index in [9.17, 15) is 14.4 Å². The number of carbonyl (C=O) groups is 3. The molecule has 0 unspecified atom stereocenters. The maximum atomic E-state index is 12.9. The molecule has 8 heteroatoms. The second-order valence-electron chi connectivity index (χ2n) is 8.09. The molecule has 0 saturated carbocycles. The lowest BCUT2D eigenvalue weighted by Gasteiger charge is -2.44. The molecule has 0 N–H and O–H groups in total. The number of piperidine rings is 1. The molecule has 168 valence electrons. The molecule has 0 aliphatic carbocycles. The third-order valence-corrected chi connectivity index (χ3v) is 6.09. The van der Waals surface area contributed by atoms with E-state index in [1.165, 1.54) is 0 Å². The van der Waals surface area contributed by atoms with E-state index in [-0.39, 0.29) is 24.7 Å². The Bertz CT molecular complexity index is 1060. The van der Waals surface area contributed by atoms with Crippen molar-refractivity contribution in [2.45, 2.75) is 38.7 Å². The first kappa shape index (κ1) is 22.1. The van der Waals surface area contributed by atoms with Gasteiger partial charge < -0.3 is 19.1 Å². The molecule has 2 aromatic carbocycles. The number of nitrogens with zero attached hydrogens (tertiary/aromatic N) is 1. The van der Waals surface area contributed by atoms with Crippen LogP contribution in [0.2, 0.25) is 5.02 Å². The molecule has 1 fully saturated rings. The molecule has 2 heterocycles. The number of hydrogen-bond donors (Lipinski definition) is 0. The highest BCUT2D eigenvalue weighted by Gasteiger charge is 2.44. The highest BCUT2D eigenvalue weighted by atomic mass is 35.5. The summed E-state index contributed by atoms with van der Waals surface area (Å²) >= 11 is 6.10. The quantitative estimate of drug-likeness (QED) is 0.485. The standard InChI is InChI=1S/C24H24ClNO6/c1-3-30-23(29)31-18-6-4-16(5-7-18)22(28)26-10-8-24(9-11-26)14-20(27)19-13-17(25)12-15(2)21(19)32-24/h4-7,12-13H,3,8-11,14H2,1-2H3. The van der Waals surface area contributed by atoms with Crippen LogP contribution in [0.15, 0.2) is 36.4 Å². The van der Waals surface area contributed by atoms with Gasteiger partial charge in [0.1, 0.15) is 17.1 Å². The number of Topliss-reactive ketones (excluding diaryl/α,β-unsaturated/α-hetero) is 1. The van der Waals surface area contributed by atoms with Crippen molar-refractivity contribution in [3.8, 4) is 11.5 Å². The third-order valence-electron chi connectivity index (χ3n) is 5.87. The number of ketones is 1. The van der Waals surface area contributed by atoms with Gasteiger partial charge in [0, 0.05) is 36.5 Å². The van der Waals surface area contributed by atoms with E-state index < -0.39 is 11.8 Å². The van der Waals surface area contributed by atoms with Gasteiger partial charge in [-0.25, -0.2) is 4.79 Å². The monoisotopic (exact) mass is 457 g/mol. The van der Waals surface area contributed by atoms with Crippen molar-refractivity contribution in [1.82, 2.24) is 4.90 Å². The number of hydrogen-bond acceptors (Lipinski definition) is 6. The summed E-state index contributed by atoms with van der Waals surface area (Å²) in [5.41, 5.74) is 1.26. The average molecular weight is 458 g/mol. The van der Waals surface area contributed by atoms with Gasteiger partial charge in [-0.3, -0.25) is 9.59 Å². The van der Waals surface area contributed by atoms with Crippen molar-refractivity contribution in [1.29, 1.82) is 0 Å². The third kappa shape index (κ3) is 4.43. The summed E-state index contributed by atoms with van der Waals surface area (Å²) in [7, 11) is 0. The molecule has 2 aliphatic rings. The minimum absolute atomic E-state index is 0.0221. The predicted octanol–water partition coefficient (Wildman–Crippen LogP) is 4.82. The number of benzene rings is 2. The van der Waals surface area contributed by atoms with Crippen molar-refractivity contribution in [3.63, 3.8) is 0 Å². The molecule has 32 heavy (non-hydrogen) atoms. The molecular formula is C24H24ClNO6. The van der Waals surface area contributed by atoms with Crippen molar-refractivity contribution >= 4 is 29.4 Å². The van der Waals surface area contributed by atoms with Crippen LogP contribution < -0.4 is 9.47 Å². The number of carbonyl (C=O) groups excluding carboxylic acids is 3. The van der Waals surface area contributed by atoms with Gasteiger partial charge in [-0.2, -0.15) is 0 Å². The summed E-state index contributed by atoms with van der Waals surface area (Å²) in [4.78, 5) is 38.9. The van der Waals surface area contributed by atoms with E-state index in [1.807, 2.05) is 6.92 Å². The molecule has 7 nitrogen and oxygen atoms in total. The second-order valence-corrected chi connectivity index (χ2v) is 8.52. The Balaban J connectivity index is 1.41. The molecule has 0 radical (unpaired) electrons. The molecule has 0 aromatic heterocycles. The summed E-state index contributed by atoms with van der Waals surface area (Å²) in [6, 6.07) is 9.80. The number of rotatable bonds is 3. The topological polar surface area (TPSA) is 82.1 Å². The molecule has 1 spiro atoms. The Labute approximate surface area is 191 Å². The molecule has 1 saturated heterocycles. The zero-order valence-corrected chi connectivity index (χ0v) is 18.7. The van der Waals surface area contributed by atoms with Crippen molar-refractivity contribution in [2.24, 2.45) is 0 Å². The van der Waals surface area contributed by atoms with Crippen LogP contribution in [0.25, 0.3) is 0 Å². The van der Waals surface area contributed by atoms with Crippen molar-refractivity contribution in [3.05, 3.63) is 58.1 Å². The first-order chi connectivity index (χ1) is 15.3. The van der Waals surface area contributed by atoms with Gasteiger partial charge in [-0.05, 0) is 55.8 Å². The minimum atomic E-state index is -0.783. The van der Waals surface area contributed by atoms with Crippen LogP contribution in [0.5, 0.6) is 11.5 Å². The maximum Gasteiger partial charge on any atom is 0.513 e. The second kappa shape index (κ2) is 8.82. The van der Waals surface area contributed by atoms with Gasteiger partial charge in [0.25, 0.3) is 5.91 Å². The zero-order valence-electron chi connectivity index (χ0n) is 18.0. The lowest BCUT2D eigenvalue weighted by Crippen LogP contribution is -2.52. The summed E-state index contributed by atoms with van der Waals surface area (Å²) in [6.07, 6.45) is 0.627. The fraction of sp³-hybridized carbons (Fsp3) is 0.375. The minimum Gasteiger partial charge on any atom is -0.486 e. The summed E-state index contributed by atoms with van der Waals surface area (Å²) in [6.45, 7) is 4.75. The van der Waals surface area contributed by atoms with Crippen molar-refractivity contribution < 1.29 is 28.6 Å². The van der Waals surface area contributed by atoms with Gasteiger partial charge in [-0.15, -0.1) is 0 Å². The van der Waals surface area contributed by atoms with Crippen LogP contribution in [-0.4, -0.2) is 48.0 Å². The zero-order chi connectivity index (χ0) is 22.9. The van der Waals surface area contributed by atoms with E-state index in [0.29, 0.717) is 53.6 Å². The number of aryl methyl sites for hydroxylation is 1. The molecule has 4 rings (SSSR count). The largest absolute Gasteiger partial charge is 0.513 e. The molecule has 1 amide bonds. The lowest BCUT2D eigenvalue weighted by atomic mass is 9.82. The number of fused-ring (bicyclic) bond motifs is 1. The van der Waals surface area contributed by atoms with Crippen LogP contribution in [0.4, 0.5) is 4.79 Å². The van der Waals surface area contributed by atoms with Crippen LogP contribution in [-0.2, 0) is 4.74 Å². The maximum absolute atomic E-state index is 12.9. The van der Waals surface area contributed by atoms with E-state index in [1.54, 1.807) is 48.2 Å². The van der Waals surface area contributed by atoms with Gasteiger partial charge in [0.15, 0.2) is 5.78 Å². The Kier molecular flexibility index (Phi) is 6.11. The van der Waals surface area contributed by atoms with Gasteiger partial charge in [0.2, 0.25) is 0 Å². The number of halogens is 1. The Morgan fingerprint density at radius 3 is 2.50 bits per heavy atom. The first-order valence-electron chi connectivity index (χ1n) is 10.6. The van der Waals surface area contributed by atoms with Crippen LogP contribution in [0.3, 0.4) is 0 Å². The SMILES string of the molecule is CCOC(=O)Oc1ccc(C(=O)N2CCC3(CC2)CC(=O)c2cc(Cl)cc(C)c2O3)cc1.